The van der Waals surface area contributed by atoms with Gasteiger partial charge >= 0.3 is 0 Å². The van der Waals surface area contributed by atoms with Gasteiger partial charge in [-0.15, -0.1) is 12.4 Å². The molecule has 0 saturated carbocycles. The summed E-state index contributed by atoms with van der Waals surface area (Å²) in [5.41, 5.74) is 5.21. The van der Waals surface area contributed by atoms with Gasteiger partial charge in [-0.25, -0.2) is 8.78 Å². The van der Waals surface area contributed by atoms with Crippen LogP contribution in [0.1, 0.15) is 17.3 Å². The number of nitrogens with one attached hydrogen (secondary N) is 1. The molecule has 0 spiro atoms. The van der Waals surface area contributed by atoms with Crippen LogP contribution in [0, 0.1) is 17.6 Å². The summed E-state index contributed by atoms with van der Waals surface area (Å²) in [6.45, 7) is 2.67. The smallest absolute Gasteiger partial charge is 0.254 e. The minimum absolute atomic E-state index is 0. The number of rotatable bonds is 4. The predicted octanol–water partition coefficient (Wildman–Crippen LogP) is 1.71. The molecule has 1 amide bonds. The van der Waals surface area contributed by atoms with Gasteiger partial charge in [0.15, 0.2) is 0 Å². The van der Waals surface area contributed by atoms with Gasteiger partial charge in [-0.2, -0.15) is 0 Å². The second-order valence-electron chi connectivity index (χ2n) is 3.68. The molecule has 1 aromatic rings. The fourth-order valence-corrected chi connectivity index (χ4v) is 1.12. The summed E-state index contributed by atoms with van der Waals surface area (Å²) in [7, 11) is 0. The molecule has 1 aromatic carbocycles. The van der Waals surface area contributed by atoms with Crippen LogP contribution in [-0.4, -0.2) is 19.0 Å². The van der Waals surface area contributed by atoms with E-state index in [1.165, 1.54) is 0 Å². The fourth-order valence-electron chi connectivity index (χ4n) is 1.12. The molecule has 96 valence electrons. The summed E-state index contributed by atoms with van der Waals surface area (Å²) in [5.74, 6) is -2.01. The molecule has 0 bridgehead atoms. The van der Waals surface area contributed by atoms with Crippen molar-refractivity contribution in [2.24, 2.45) is 11.7 Å². The van der Waals surface area contributed by atoms with Gasteiger partial charge in [-0.1, -0.05) is 6.92 Å². The van der Waals surface area contributed by atoms with Gasteiger partial charge in [0, 0.05) is 12.6 Å². The van der Waals surface area contributed by atoms with Crippen LogP contribution in [0.3, 0.4) is 0 Å². The number of benzene rings is 1. The van der Waals surface area contributed by atoms with Crippen LogP contribution in [-0.2, 0) is 0 Å². The lowest BCUT2D eigenvalue weighted by Gasteiger charge is -2.10. The molecule has 0 aliphatic rings. The lowest BCUT2D eigenvalue weighted by molar-refractivity contribution is 0.0944. The van der Waals surface area contributed by atoms with Gasteiger partial charge in [0.1, 0.15) is 11.6 Å². The Bertz CT molecular complexity index is 388. The van der Waals surface area contributed by atoms with Gasteiger partial charge in [0.05, 0.1) is 5.56 Å². The number of amides is 1. The Morgan fingerprint density at radius 1 is 1.47 bits per heavy atom. The second kappa shape index (κ2) is 7.19. The Morgan fingerprint density at radius 2 is 2.12 bits per heavy atom. The van der Waals surface area contributed by atoms with Crippen molar-refractivity contribution in [2.75, 3.05) is 13.1 Å². The van der Waals surface area contributed by atoms with E-state index in [9.17, 15) is 13.6 Å². The lowest BCUT2D eigenvalue weighted by Crippen LogP contribution is -2.31. The Hall–Kier alpha value is -1.20. The highest BCUT2D eigenvalue weighted by atomic mass is 35.5. The molecule has 0 aliphatic heterocycles. The number of nitrogens with two attached hydrogens (primary N) is 1. The summed E-state index contributed by atoms with van der Waals surface area (Å²) < 4.78 is 25.8. The Balaban J connectivity index is 0.00000256. The minimum atomic E-state index is -0.863. The van der Waals surface area contributed by atoms with Crippen molar-refractivity contribution in [2.45, 2.75) is 6.92 Å². The normalized spacial score (nSPS) is 11.5. The fraction of sp³-hybridized carbons (Fsp3) is 0.364. The van der Waals surface area contributed by atoms with E-state index in [4.69, 9.17) is 5.73 Å². The Kier molecular flexibility index (Phi) is 6.68. The molecule has 0 heterocycles. The van der Waals surface area contributed by atoms with E-state index in [2.05, 4.69) is 5.32 Å². The number of halogens is 3. The zero-order chi connectivity index (χ0) is 12.1. The van der Waals surface area contributed by atoms with Gasteiger partial charge < -0.3 is 11.1 Å². The molecule has 17 heavy (non-hydrogen) atoms. The zero-order valence-electron chi connectivity index (χ0n) is 9.37. The summed E-state index contributed by atoms with van der Waals surface area (Å²) in [4.78, 5) is 11.5. The van der Waals surface area contributed by atoms with E-state index in [1.54, 1.807) is 0 Å². The van der Waals surface area contributed by atoms with Gasteiger partial charge in [-0.3, -0.25) is 4.79 Å². The van der Waals surface area contributed by atoms with Crippen LogP contribution in [0.25, 0.3) is 0 Å². The molecule has 6 heteroatoms. The highest BCUT2D eigenvalue weighted by molar-refractivity contribution is 5.94. The summed E-state index contributed by atoms with van der Waals surface area (Å²) >= 11 is 0. The second-order valence-corrected chi connectivity index (χ2v) is 3.68. The number of hydrogen-bond acceptors (Lipinski definition) is 2. The van der Waals surface area contributed by atoms with Gasteiger partial charge in [-0.05, 0) is 24.6 Å². The molecule has 0 fully saturated rings. The Labute approximate surface area is 105 Å². The third kappa shape index (κ3) is 4.66. The van der Waals surface area contributed by atoms with Crippen LogP contribution in [0.5, 0.6) is 0 Å². The predicted molar refractivity (Wildman–Crippen MR) is 64.2 cm³/mol. The first kappa shape index (κ1) is 15.8. The maximum absolute atomic E-state index is 13.2. The maximum Gasteiger partial charge on any atom is 0.254 e. The van der Waals surface area contributed by atoms with Crippen molar-refractivity contribution >= 4 is 18.3 Å². The van der Waals surface area contributed by atoms with Crippen LogP contribution >= 0.6 is 12.4 Å². The van der Waals surface area contributed by atoms with Gasteiger partial charge in [0.2, 0.25) is 0 Å². The number of carbonyl (C=O) groups is 1. The largest absolute Gasteiger partial charge is 0.352 e. The molecular weight excluding hydrogens is 250 g/mol. The van der Waals surface area contributed by atoms with Crippen LogP contribution < -0.4 is 11.1 Å². The molecule has 1 unspecified atom stereocenters. The van der Waals surface area contributed by atoms with E-state index in [0.29, 0.717) is 19.2 Å². The van der Waals surface area contributed by atoms with Crippen LogP contribution in [0.2, 0.25) is 0 Å². The van der Waals surface area contributed by atoms with E-state index < -0.39 is 17.5 Å². The van der Waals surface area contributed by atoms with E-state index >= 15 is 0 Å². The average molecular weight is 265 g/mol. The molecule has 1 rings (SSSR count). The lowest BCUT2D eigenvalue weighted by atomic mass is 10.1. The monoisotopic (exact) mass is 264 g/mol. The highest BCUT2D eigenvalue weighted by Gasteiger charge is 2.12. The van der Waals surface area contributed by atoms with E-state index in [0.717, 1.165) is 12.1 Å². The average Bonchev–Trinajstić information content (AvgIpc) is 2.25. The van der Waals surface area contributed by atoms with E-state index in [-0.39, 0.29) is 23.9 Å². The first-order valence-electron chi connectivity index (χ1n) is 4.98. The third-order valence-corrected chi connectivity index (χ3v) is 2.19. The molecular formula is C11H15ClF2N2O. The summed E-state index contributed by atoms with van der Waals surface area (Å²) in [5, 5.41) is 2.53. The van der Waals surface area contributed by atoms with Gasteiger partial charge in [0.25, 0.3) is 5.91 Å². The summed E-state index contributed by atoms with van der Waals surface area (Å²) in [6, 6.07) is 2.85. The third-order valence-electron chi connectivity index (χ3n) is 2.19. The van der Waals surface area contributed by atoms with E-state index in [1.807, 2.05) is 6.92 Å². The SMILES string of the molecule is CC(CN)CNC(=O)c1ccc(F)cc1F.Cl. The molecule has 3 nitrogen and oxygen atoms in total. The number of carbonyl (C=O) groups excluding carboxylic acids is 1. The highest BCUT2D eigenvalue weighted by Crippen LogP contribution is 2.09. The van der Waals surface area contributed by atoms with Crippen molar-refractivity contribution in [3.63, 3.8) is 0 Å². The summed E-state index contributed by atoms with van der Waals surface area (Å²) in [6.07, 6.45) is 0. The molecule has 0 aromatic heterocycles. The molecule has 1 atom stereocenters. The van der Waals surface area contributed by atoms with Crippen molar-refractivity contribution in [3.8, 4) is 0 Å². The standard InChI is InChI=1S/C11H14F2N2O.ClH/c1-7(5-14)6-15-11(16)9-3-2-8(12)4-10(9)13;/h2-4,7H,5-6,14H2,1H3,(H,15,16);1H. The first-order chi connectivity index (χ1) is 7.54. The van der Waals surface area contributed by atoms with Crippen molar-refractivity contribution in [1.29, 1.82) is 0 Å². The van der Waals surface area contributed by atoms with Crippen LogP contribution in [0.4, 0.5) is 8.78 Å². The topological polar surface area (TPSA) is 55.1 Å². The minimum Gasteiger partial charge on any atom is -0.352 e. The van der Waals surface area contributed by atoms with Crippen molar-refractivity contribution in [3.05, 3.63) is 35.4 Å². The van der Waals surface area contributed by atoms with Crippen LogP contribution in [0.15, 0.2) is 18.2 Å². The molecule has 0 aliphatic carbocycles. The molecule has 0 saturated heterocycles. The molecule has 0 radical (unpaired) electrons. The zero-order valence-corrected chi connectivity index (χ0v) is 10.2. The van der Waals surface area contributed by atoms with Crippen molar-refractivity contribution < 1.29 is 13.6 Å². The number of hydrogen-bond donors (Lipinski definition) is 2. The molecule has 3 N–H and O–H groups in total. The first-order valence-corrected chi connectivity index (χ1v) is 4.98. The Morgan fingerprint density at radius 3 is 2.65 bits per heavy atom. The van der Waals surface area contributed by atoms with Crippen molar-refractivity contribution in [1.82, 2.24) is 5.32 Å². The quantitative estimate of drug-likeness (QED) is 0.870. The maximum atomic E-state index is 13.2.